The number of carbonyl (C=O) groups excluding carboxylic acids is 1. The number of ether oxygens (including phenoxy) is 1. The van der Waals surface area contributed by atoms with Crippen molar-refractivity contribution in [2.24, 2.45) is 0 Å². The van der Waals surface area contributed by atoms with Crippen LogP contribution in [0.5, 0.6) is 0 Å². The Bertz CT molecular complexity index is 583. The zero-order chi connectivity index (χ0) is 13.1. The minimum Gasteiger partial charge on any atom is -0.460 e. The van der Waals surface area contributed by atoms with E-state index in [1.54, 1.807) is 25.1 Å². The molecule has 0 radical (unpaired) electrons. The van der Waals surface area contributed by atoms with Gasteiger partial charge in [-0.15, -0.1) is 0 Å². The first-order valence-corrected chi connectivity index (χ1v) is 5.98. The Hall–Kier alpha value is -1.89. The van der Waals surface area contributed by atoms with E-state index in [1.807, 2.05) is 0 Å². The van der Waals surface area contributed by atoms with Crippen LogP contribution in [0.25, 0.3) is 11.5 Å². The van der Waals surface area contributed by atoms with E-state index in [0.717, 1.165) is 4.47 Å². The largest absolute Gasteiger partial charge is 0.460 e. The van der Waals surface area contributed by atoms with Crippen LogP contribution in [-0.4, -0.2) is 22.7 Å². The van der Waals surface area contributed by atoms with Gasteiger partial charge in [-0.25, -0.2) is 4.79 Å². The van der Waals surface area contributed by atoms with Gasteiger partial charge in [0, 0.05) is 4.47 Å². The second-order valence-electron chi connectivity index (χ2n) is 3.34. The lowest BCUT2D eigenvalue weighted by atomic mass is 10.2. The number of anilines is 1. The van der Waals surface area contributed by atoms with Crippen LogP contribution in [0, 0.1) is 0 Å². The average Bonchev–Trinajstić information content (AvgIpc) is 2.82. The maximum Gasteiger partial charge on any atom is 0.379 e. The second kappa shape index (κ2) is 5.18. The molecule has 1 aromatic heterocycles. The van der Waals surface area contributed by atoms with Crippen molar-refractivity contribution in [3.05, 3.63) is 28.5 Å². The number of hydrogen-bond donors (Lipinski definition) is 1. The van der Waals surface area contributed by atoms with Crippen molar-refractivity contribution in [1.29, 1.82) is 0 Å². The summed E-state index contributed by atoms with van der Waals surface area (Å²) in [5.41, 5.74) is 6.90. The summed E-state index contributed by atoms with van der Waals surface area (Å²) in [6.07, 6.45) is 0. The highest BCUT2D eigenvalue weighted by Gasteiger charge is 2.18. The molecule has 18 heavy (non-hydrogen) atoms. The minimum absolute atomic E-state index is 0.119. The molecule has 0 aliphatic rings. The molecule has 7 heteroatoms. The summed E-state index contributed by atoms with van der Waals surface area (Å²) < 4.78 is 10.5. The predicted octanol–water partition coefficient (Wildman–Crippen LogP) is 2.26. The van der Waals surface area contributed by atoms with Crippen LogP contribution >= 0.6 is 15.9 Å². The molecular formula is C11H10BrN3O3. The van der Waals surface area contributed by atoms with Gasteiger partial charge in [-0.3, -0.25) is 0 Å². The van der Waals surface area contributed by atoms with Gasteiger partial charge < -0.3 is 15.0 Å². The molecule has 0 unspecified atom stereocenters. The minimum atomic E-state index is -0.624. The highest BCUT2D eigenvalue weighted by Crippen LogP contribution is 2.30. The number of hydrogen-bond acceptors (Lipinski definition) is 6. The molecule has 0 fully saturated rings. The van der Waals surface area contributed by atoms with Crippen LogP contribution < -0.4 is 5.73 Å². The number of nitrogens with zero attached hydrogens (tertiary/aromatic N) is 2. The van der Waals surface area contributed by atoms with Gasteiger partial charge >= 0.3 is 5.97 Å². The van der Waals surface area contributed by atoms with Gasteiger partial charge in [-0.05, 0) is 40.1 Å². The van der Waals surface area contributed by atoms with Gasteiger partial charge in [-0.1, -0.05) is 6.07 Å². The summed E-state index contributed by atoms with van der Waals surface area (Å²) in [4.78, 5) is 15.3. The standard InChI is InChI=1S/C11H10BrN3O3/c1-2-17-11(16)9-14-10(18-15-9)6-4-3-5-7(12)8(6)13/h3-5H,2,13H2,1H3. The van der Waals surface area contributed by atoms with Gasteiger partial charge in [-0.2, -0.15) is 4.98 Å². The maximum atomic E-state index is 11.4. The molecule has 0 bridgehead atoms. The van der Waals surface area contributed by atoms with Crippen LogP contribution in [-0.2, 0) is 4.74 Å². The van der Waals surface area contributed by atoms with Crippen LogP contribution in [0.3, 0.4) is 0 Å². The molecule has 94 valence electrons. The lowest BCUT2D eigenvalue weighted by Gasteiger charge is -2.01. The zero-order valence-corrected chi connectivity index (χ0v) is 11.1. The van der Waals surface area contributed by atoms with Gasteiger partial charge in [0.2, 0.25) is 0 Å². The molecule has 2 rings (SSSR count). The van der Waals surface area contributed by atoms with Crippen LogP contribution in [0.1, 0.15) is 17.5 Å². The molecule has 1 heterocycles. The van der Waals surface area contributed by atoms with Crippen molar-refractivity contribution in [3.63, 3.8) is 0 Å². The number of halogens is 1. The smallest absolute Gasteiger partial charge is 0.379 e. The molecule has 0 saturated carbocycles. The Labute approximate surface area is 111 Å². The Kier molecular flexibility index (Phi) is 3.61. The molecule has 0 atom stereocenters. The van der Waals surface area contributed by atoms with Gasteiger partial charge in [0.25, 0.3) is 11.7 Å². The van der Waals surface area contributed by atoms with E-state index in [1.165, 1.54) is 0 Å². The quantitative estimate of drug-likeness (QED) is 0.690. The van der Waals surface area contributed by atoms with Crippen molar-refractivity contribution in [1.82, 2.24) is 10.1 Å². The maximum absolute atomic E-state index is 11.4. The first-order chi connectivity index (χ1) is 8.63. The van der Waals surface area contributed by atoms with Crippen LogP contribution in [0.2, 0.25) is 0 Å². The Morgan fingerprint density at radius 2 is 2.33 bits per heavy atom. The van der Waals surface area contributed by atoms with Crippen molar-refractivity contribution < 1.29 is 14.1 Å². The fourth-order valence-electron chi connectivity index (χ4n) is 1.33. The summed E-state index contributed by atoms with van der Waals surface area (Å²) in [6.45, 7) is 1.95. The van der Waals surface area contributed by atoms with E-state index >= 15 is 0 Å². The fourth-order valence-corrected chi connectivity index (χ4v) is 1.70. The first-order valence-electron chi connectivity index (χ1n) is 5.18. The molecule has 0 amide bonds. The van der Waals surface area contributed by atoms with E-state index in [0.29, 0.717) is 11.3 Å². The van der Waals surface area contributed by atoms with Crippen molar-refractivity contribution >= 4 is 27.6 Å². The molecule has 0 aliphatic carbocycles. The zero-order valence-electron chi connectivity index (χ0n) is 9.51. The molecular weight excluding hydrogens is 302 g/mol. The summed E-state index contributed by atoms with van der Waals surface area (Å²) >= 11 is 3.30. The predicted molar refractivity (Wildman–Crippen MR) is 67.8 cm³/mol. The number of carbonyl (C=O) groups is 1. The number of benzene rings is 1. The monoisotopic (exact) mass is 311 g/mol. The highest BCUT2D eigenvalue weighted by atomic mass is 79.9. The van der Waals surface area contributed by atoms with E-state index in [-0.39, 0.29) is 18.3 Å². The summed E-state index contributed by atoms with van der Waals surface area (Å²) in [5, 5.41) is 3.55. The number of nitrogen functional groups attached to an aromatic ring is 1. The number of nitrogens with two attached hydrogens (primary N) is 1. The van der Waals surface area contributed by atoms with Gasteiger partial charge in [0.1, 0.15) is 0 Å². The van der Waals surface area contributed by atoms with E-state index in [9.17, 15) is 4.79 Å². The summed E-state index contributed by atoms with van der Waals surface area (Å²) in [7, 11) is 0. The van der Waals surface area contributed by atoms with Gasteiger partial charge in [0.15, 0.2) is 0 Å². The van der Waals surface area contributed by atoms with Crippen LogP contribution in [0.15, 0.2) is 27.2 Å². The molecule has 2 aromatic rings. The van der Waals surface area contributed by atoms with Crippen LogP contribution in [0.4, 0.5) is 5.69 Å². The number of para-hydroxylation sites is 1. The SMILES string of the molecule is CCOC(=O)c1noc(-c2cccc(Br)c2N)n1. The molecule has 1 aromatic carbocycles. The molecule has 0 spiro atoms. The molecule has 0 saturated heterocycles. The third kappa shape index (κ3) is 2.35. The Morgan fingerprint density at radius 1 is 1.56 bits per heavy atom. The van der Waals surface area contributed by atoms with Crippen molar-refractivity contribution in [2.75, 3.05) is 12.3 Å². The number of rotatable bonds is 3. The van der Waals surface area contributed by atoms with E-state index in [4.69, 9.17) is 15.0 Å². The molecule has 0 aliphatic heterocycles. The highest BCUT2D eigenvalue weighted by molar-refractivity contribution is 9.10. The summed E-state index contributed by atoms with van der Waals surface area (Å²) in [5.74, 6) is -0.566. The summed E-state index contributed by atoms with van der Waals surface area (Å²) in [6, 6.07) is 5.30. The van der Waals surface area contributed by atoms with Crippen molar-refractivity contribution in [2.45, 2.75) is 6.92 Å². The molecule has 6 nitrogen and oxygen atoms in total. The van der Waals surface area contributed by atoms with Gasteiger partial charge in [0.05, 0.1) is 17.9 Å². The van der Waals surface area contributed by atoms with E-state index < -0.39 is 5.97 Å². The molecule has 2 N–H and O–H groups in total. The normalized spacial score (nSPS) is 10.3. The van der Waals surface area contributed by atoms with E-state index in [2.05, 4.69) is 26.1 Å². The topological polar surface area (TPSA) is 91.2 Å². The first kappa shape index (κ1) is 12.6. The average molecular weight is 312 g/mol. The fraction of sp³-hybridized carbons (Fsp3) is 0.182. The third-order valence-electron chi connectivity index (χ3n) is 2.17. The number of esters is 1. The Balaban J connectivity index is 2.35. The van der Waals surface area contributed by atoms with Crippen molar-refractivity contribution in [3.8, 4) is 11.5 Å². The lowest BCUT2D eigenvalue weighted by molar-refractivity contribution is 0.0508. The Morgan fingerprint density at radius 3 is 3.06 bits per heavy atom. The number of aromatic nitrogens is 2. The second-order valence-corrected chi connectivity index (χ2v) is 4.20. The lowest BCUT2D eigenvalue weighted by Crippen LogP contribution is -2.06. The third-order valence-corrected chi connectivity index (χ3v) is 2.86.